The minimum atomic E-state index is -0.195. The second-order valence-corrected chi connectivity index (χ2v) is 8.39. The van der Waals surface area contributed by atoms with Gasteiger partial charge < -0.3 is 16.2 Å². The van der Waals surface area contributed by atoms with Crippen LogP contribution < -0.4 is 11.1 Å². The fourth-order valence-electron chi connectivity index (χ4n) is 3.59. The monoisotopic (exact) mass is 393 g/mol. The highest BCUT2D eigenvalue weighted by Crippen LogP contribution is 2.26. The van der Waals surface area contributed by atoms with E-state index in [1.54, 1.807) is 16.7 Å². The number of nitrogen functional groups attached to an aromatic ring is 1. The van der Waals surface area contributed by atoms with E-state index in [2.05, 4.69) is 29.0 Å². The number of imidazole rings is 1. The van der Waals surface area contributed by atoms with Gasteiger partial charge in [-0.15, -0.1) is 0 Å². The molecule has 0 aliphatic carbocycles. The van der Waals surface area contributed by atoms with Crippen molar-refractivity contribution in [1.29, 1.82) is 0 Å². The molecule has 1 fully saturated rings. The first-order chi connectivity index (χ1) is 12.7. The van der Waals surface area contributed by atoms with Crippen LogP contribution >= 0.6 is 11.6 Å². The number of likely N-dealkylation sites (tertiary alicyclic amines) is 1. The van der Waals surface area contributed by atoms with Gasteiger partial charge in [-0.3, -0.25) is 14.1 Å². The molecule has 4 N–H and O–H groups in total. The van der Waals surface area contributed by atoms with Crippen molar-refractivity contribution >= 4 is 29.0 Å². The summed E-state index contributed by atoms with van der Waals surface area (Å²) in [6, 6.07) is 1.58. The van der Waals surface area contributed by atoms with Gasteiger partial charge in [0.15, 0.2) is 5.65 Å². The number of fused-ring (bicyclic) bond motifs is 1. The van der Waals surface area contributed by atoms with Crippen molar-refractivity contribution in [1.82, 2.24) is 19.6 Å². The van der Waals surface area contributed by atoms with Crippen LogP contribution in [0, 0.1) is 12.8 Å². The number of amides is 1. The molecule has 0 spiro atoms. The lowest BCUT2D eigenvalue weighted by Gasteiger charge is -2.42. The smallest absolute Gasteiger partial charge is 0.255 e. The number of rotatable bonds is 5. The number of anilines is 1. The number of hydrogen-bond acceptors (Lipinski definition) is 5. The number of nitrogens with two attached hydrogens (primary N) is 1. The number of hydrogen-bond donors (Lipinski definition) is 3. The average Bonchev–Trinajstić information content (AvgIpc) is 3.05. The highest BCUT2D eigenvalue weighted by atomic mass is 35.5. The molecule has 1 saturated heterocycles. The standard InChI is InChI=1S/C19H28ClN5O2/c1-12-10-25-16(21)15(20)8-14(17(25)23-12)18(27)22-9-13-4-6-24(7-5-13)19(2,3)11-26/h8,10,13,26H,4-7,9,11,21H2,1-3H3,(H,22,27). The summed E-state index contributed by atoms with van der Waals surface area (Å²) in [4.78, 5) is 19.5. The molecule has 0 saturated carbocycles. The Labute approximate surface area is 164 Å². The number of pyridine rings is 1. The number of aliphatic hydroxyl groups is 1. The first-order valence-electron chi connectivity index (χ1n) is 9.30. The van der Waals surface area contributed by atoms with Gasteiger partial charge in [-0.05, 0) is 58.7 Å². The second kappa shape index (κ2) is 7.66. The van der Waals surface area contributed by atoms with E-state index in [-0.39, 0.29) is 18.1 Å². The zero-order valence-electron chi connectivity index (χ0n) is 16.1. The van der Waals surface area contributed by atoms with Crippen molar-refractivity contribution in [2.75, 3.05) is 32.0 Å². The molecule has 3 heterocycles. The van der Waals surface area contributed by atoms with Crippen LogP contribution in [0.5, 0.6) is 0 Å². The fourth-order valence-corrected chi connectivity index (χ4v) is 3.79. The van der Waals surface area contributed by atoms with Crippen molar-refractivity contribution < 1.29 is 9.90 Å². The van der Waals surface area contributed by atoms with Gasteiger partial charge in [0.2, 0.25) is 0 Å². The van der Waals surface area contributed by atoms with Crippen LogP contribution in [0.25, 0.3) is 5.65 Å². The average molecular weight is 394 g/mol. The Morgan fingerprint density at radius 3 is 2.74 bits per heavy atom. The van der Waals surface area contributed by atoms with Crippen molar-refractivity contribution in [3.8, 4) is 0 Å². The Morgan fingerprint density at radius 1 is 1.44 bits per heavy atom. The lowest BCUT2D eigenvalue weighted by molar-refractivity contribution is 0.0298. The predicted molar refractivity (Wildman–Crippen MR) is 107 cm³/mol. The third-order valence-corrected chi connectivity index (χ3v) is 5.80. The summed E-state index contributed by atoms with van der Waals surface area (Å²) in [5.41, 5.74) is 7.52. The molecule has 0 unspecified atom stereocenters. The Hall–Kier alpha value is -1.83. The van der Waals surface area contributed by atoms with Gasteiger partial charge in [0, 0.05) is 18.3 Å². The molecule has 1 amide bonds. The van der Waals surface area contributed by atoms with Crippen LogP contribution in [0.15, 0.2) is 12.3 Å². The largest absolute Gasteiger partial charge is 0.394 e. The molecular weight excluding hydrogens is 366 g/mol. The van der Waals surface area contributed by atoms with Gasteiger partial charge in [0.05, 0.1) is 22.9 Å². The Kier molecular flexibility index (Phi) is 5.65. The summed E-state index contributed by atoms with van der Waals surface area (Å²) >= 11 is 6.19. The lowest BCUT2D eigenvalue weighted by Crippen LogP contribution is -2.51. The van der Waals surface area contributed by atoms with Crippen molar-refractivity contribution in [2.24, 2.45) is 5.92 Å². The van der Waals surface area contributed by atoms with E-state index >= 15 is 0 Å². The maximum atomic E-state index is 12.7. The molecule has 0 aromatic carbocycles. The van der Waals surface area contributed by atoms with Gasteiger partial charge in [-0.25, -0.2) is 4.98 Å². The summed E-state index contributed by atoms with van der Waals surface area (Å²) < 4.78 is 1.65. The van der Waals surface area contributed by atoms with Crippen LogP contribution in [0.3, 0.4) is 0 Å². The number of aromatic nitrogens is 2. The zero-order valence-corrected chi connectivity index (χ0v) is 16.9. The molecule has 0 radical (unpaired) electrons. The van der Waals surface area contributed by atoms with Gasteiger partial charge in [-0.2, -0.15) is 0 Å². The van der Waals surface area contributed by atoms with Crippen molar-refractivity contribution in [3.63, 3.8) is 0 Å². The van der Waals surface area contributed by atoms with Crippen molar-refractivity contribution in [3.05, 3.63) is 28.5 Å². The number of piperidine rings is 1. The van der Waals surface area contributed by atoms with E-state index in [1.165, 1.54) is 0 Å². The number of carbonyl (C=O) groups is 1. The van der Waals surface area contributed by atoms with E-state index < -0.39 is 0 Å². The molecule has 1 aliphatic rings. The topological polar surface area (TPSA) is 95.9 Å². The number of carbonyl (C=O) groups excluding carboxylic acids is 1. The molecule has 7 nitrogen and oxygen atoms in total. The fraction of sp³-hybridized carbons (Fsp3) is 0.579. The third kappa shape index (κ3) is 4.05. The molecule has 148 valence electrons. The third-order valence-electron chi connectivity index (χ3n) is 5.50. The Balaban J connectivity index is 1.64. The van der Waals surface area contributed by atoms with Crippen LogP contribution in [-0.4, -0.2) is 57.1 Å². The quantitative estimate of drug-likeness (QED) is 0.722. The minimum absolute atomic E-state index is 0.145. The van der Waals surface area contributed by atoms with Gasteiger partial charge in [0.25, 0.3) is 5.91 Å². The first-order valence-corrected chi connectivity index (χ1v) is 9.68. The molecule has 2 aromatic rings. The van der Waals surface area contributed by atoms with Crippen LogP contribution in [-0.2, 0) is 0 Å². The molecule has 2 aromatic heterocycles. The van der Waals surface area contributed by atoms with E-state index in [0.717, 1.165) is 31.6 Å². The molecule has 1 aliphatic heterocycles. The SMILES string of the molecule is Cc1cn2c(N)c(Cl)cc(C(=O)NCC3CCN(C(C)(C)CO)CC3)c2n1. The molecule has 0 bridgehead atoms. The molecule has 8 heteroatoms. The number of halogens is 1. The zero-order chi connectivity index (χ0) is 19.8. The van der Waals surface area contributed by atoms with Crippen molar-refractivity contribution in [2.45, 2.75) is 39.2 Å². The van der Waals surface area contributed by atoms with E-state index in [1.807, 2.05) is 6.92 Å². The summed E-state index contributed by atoms with van der Waals surface area (Å²) in [6.45, 7) is 8.56. The Bertz CT molecular complexity index is 840. The van der Waals surface area contributed by atoms with Gasteiger partial charge in [-0.1, -0.05) is 11.6 Å². The van der Waals surface area contributed by atoms with E-state index in [9.17, 15) is 9.90 Å². The molecule has 27 heavy (non-hydrogen) atoms. The summed E-state index contributed by atoms with van der Waals surface area (Å²) in [7, 11) is 0. The predicted octanol–water partition coefficient (Wildman–Crippen LogP) is 2.09. The maximum Gasteiger partial charge on any atom is 0.255 e. The van der Waals surface area contributed by atoms with Crippen LogP contribution in [0.1, 0.15) is 42.7 Å². The number of aliphatic hydroxyl groups excluding tert-OH is 1. The van der Waals surface area contributed by atoms with E-state index in [0.29, 0.717) is 34.5 Å². The molecular formula is C19H28ClN5O2. The van der Waals surface area contributed by atoms with Gasteiger partial charge in [0.1, 0.15) is 5.82 Å². The summed E-state index contributed by atoms with van der Waals surface area (Å²) in [5, 5.41) is 12.9. The molecule has 3 rings (SSSR count). The maximum absolute atomic E-state index is 12.7. The lowest BCUT2D eigenvalue weighted by atomic mass is 9.92. The first kappa shape index (κ1) is 19.9. The normalized spacial score (nSPS) is 16.8. The van der Waals surface area contributed by atoms with E-state index in [4.69, 9.17) is 17.3 Å². The summed E-state index contributed by atoms with van der Waals surface area (Å²) in [5.74, 6) is 0.606. The Morgan fingerprint density at radius 2 is 2.11 bits per heavy atom. The van der Waals surface area contributed by atoms with Crippen LogP contribution in [0.4, 0.5) is 5.82 Å². The summed E-state index contributed by atoms with van der Waals surface area (Å²) in [6.07, 6.45) is 3.75. The number of nitrogens with zero attached hydrogens (tertiary/aromatic N) is 3. The molecule has 0 atom stereocenters. The highest BCUT2D eigenvalue weighted by molar-refractivity contribution is 6.33. The number of nitrogens with one attached hydrogen (secondary N) is 1. The second-order valence-electron chi connectivity index (χ2n) is 7.98. The van der Waals surface area contributed by atoms with Crippen LogP contribution in [0.2, 0.25) is 5.02 Å². The van der Waals surface area contributed by atoms with Gasteiger partial charge >= 0.3 is 0 Å². The minimum Gasteiger partial charge on any atom is -0.394 e. The number of aryl methyl sites for hydroxylation is 1. The highest BCUT2D eigenvalue weighted by Gasteiger charge is 2.30.